The molecule has 4 nitrogen and oxygen atoms in total. The molecule has 0 amide bonds. The molecule has 0 aliphatic carbocycles. The van der Waals surface area contributed by atoms with E-state index in [-0.39, 0.29) is 18.5 Å². The van der Waals surface area contributed by atoms with Crippen molar-refractivity contribution in [2.75, 3.05) is 12.3 Å². The molecule has 1 saturated heterocycles. The zero-order valence-corrected chi connectivity index (χ0v) is 11.1. The van der Waals surface area contributed by atoms with Crippen LogP contribution in [0.25, 0.3) is 0 Å². The molecular formula is C10H19F3N2O2S. The Balaban J connectivity index is 2.35. The lowest BCUT2D eigenvalue weighted by Crippen LogP contribution is -2.47. The summed E-state index contributed by atoms with van der Waals surface area (Å²) < 4.78 is 61.4. The summed E-state index contributed by atoms with van der Waals surface area (Å²) in [6, 6.07) is 0.0544. The van der Waals surface area contributed by atoms with Crippen molar-refractivity contribution in [1.82, 2.24) is 10.0 Å². The van der Waals surface area contributed by atoms with E-state index in [1.54, 1.807) is 0 Å². The standard InChI is InChI=1S/C10H19F3N2O2S/c1-8-7-9(3-5-14-8)15-18(16,17)6-2-4-10(11,12)13/h8-9,14-15H,2-7H2,1H3/t8-,9+/m0/s1. The first-order valence-electron chi connectivity index (χ1n) is 5.98. The molecule has 0 saturated carbocycles. The smallest absolute Gasteiger partial charge is 0.314 e. The van der Waals surface area contributed by atoms with Crippen molar-refractivity contribution < 1.29 is 21.6 Å². The van der Waals surface area contributed by atoms with E-state index in [4.69, 9.17) is 0 Å². The highest BCUT2D eigenvalue weighted by Crippen LogP contribution is 2.21. The van der Waals surface area contributed by atoms with E-state index >= 15 is 0 Å². The molecule has 0 aromatic carbocycles. The summed E-state index contributed by atoms with van der Waals surface area (Å²) >= 11 is 0. The Hall–Kier alpha value is -0.340. The largest absolute Gasteiger partial charge is 0.389 e. The Morgan fingerprint density at radius 3 is 2.61 bits per heavy atom. The predicted octanol–water partition coefficient (Wildman–Crippen LogP) is 1.39. The first-order chi connectivity index (χ1) is 8.18. The van der Waals surface area contributed by atoms with Crippen LogP contribution >= 0.6 is 0 Å². The van der Waals surface area contributed by atoms with Crippen LogP contribution in [0.3, 0.4) is 0 Å². The van der Waals surface area contributed by atoms with Crippen LogP contribution in [-0.2, 0) is 10.0 Å². The van der Waals surface area contributed by atoms with Gasteiger partial charge in [-0.1, -0.05) is 0 Å². The van der Waals surface area contributed by atoms with Gasteiger partial charge in [-0.3, -0.25) is 0 Å². The monoisotopic (exact) mass is 288 g/mol. The number of nitrogens with one attached hydrogen (secondary N) is 2. The Morgan fingerprint density at radius 2 is 2.06 bits per heavy atom. The number of rotatable bonds is 5. The molecule has 0 aromatic heterocycles. The Kier molecular flexibility index (Phi) is 5.42. The maximum atomic E-state index is 11.9. The van der Waals surface area contributed by atoms with Crippen LogP contribution in [0.15, 0.2) is 0 Å². The lowest BCUT2D eigenvalue weighted by molar-refractivity contribution is -0.134. The molecular weight excluding hydrogens is 269 g/mol. The Morgan fingerprint density at radius 1 is 1.39 bits per heavy atom. The third-order valence-electron chi connectivity index (χ3n) is 2.84. The topological polar surface area (TPSA) is 58.2 Å². The SMILES string of the molecule is C[C@H]1C[C@H](NS(=O)(=O)CCCC(F)(F)F)CCN1. The molecule has 1 aliphatic heterocycles. The summed E-state index contributed by atoms with van der Waals surface area (Å²) in [4.78, 5) is 0. The molecule has 1 heterocycles. The zero-order chi connectivity index (χ0) is 13.8. The summed E-state index contributed by atoms with van der Waals surface area (Å²) in [6.07, 6.45) is -4.41. The minimum Gasteiger partial charge on any atom is -0.314 e. The normalized spacial score (nSPS) is 26.2. The third kappa shape index (κ3) is 6.55. The van der Waals surface area contributed by atoms with E-state index in [1.807, 2.05) is 6.92 Å². The average molecular weight is 288 g/mol. The Labute approximate surface area is 105 Å². The van der Waals surface area contributed by atoms with Crippen LogP contribution in [0.4, 0.5) is 13.2 Å². The summed E-state index contributed by atoms with van der Waals surface area (Å²) in [5.74, 6) is -0.467. The van der Waals surface area contributed by atoms with Crippen molar-refractivity contribution in [1.29, 1.82) is 0 Å². The maximum Gasteiger partial charge on any atom is 0.389 e. The van der Waals surface area contributed by atoms with E-state index in [9.17, 15) is 21.6 Å². The average Bonchev–Trinajstić information content (AvgIpc) is 2.13. The summed E-state index contributed by atoms with van der Waals surface area (Å²) in [5.41, 5.74) is 0. The van der Waals surface area contributed by atoms with Crippen molar-refractivity contribution in [3.05, 3.63) is 0 Å². The molecule has 1 aliphatic rings. The van der Waals surface area contributed by atoms with Crippen LogP contribution in [0.5, 0.6) is 0 Å². The minimum atomic E-state index is -4.29. The molecule has 1 fully saturated rings. The van der Waals surface area contributed by atoms with Crippen molar-refractivity contribution in [3.8, 4) is 0 Å². The number of alkyl halides is 3. The van der Waals surface area contributed by atoms with Gasteiger partial charge in [0.25, 0.3) is 0 Å². The number of sulfonamides is 1. The van der Waals surface area contributed by atoms with E-state index < -0.39 is 28.4 Å². The molecule has 0 unspecified atom stereocenters. The second-order valence-corrected chi connectivity index (χ2v) is 6.61. The van der Waals surface area contributed by atoms with E-state index in [1.165, 1.54) is 0 Å². The molecule has 1 rings (SSSR count). The fourth-order valence-electron chi connectivity index (χ4n) is 2.01. The van der Waals surface area contributed by atoms with Gasteiger partial charge in [0.15, 0.2) is 0 Å². The fraction of sp³-hybridized carbons (Fsp3) is 1.00. The highest BCUT2D eigenvalue weighted by atomic mass is 32.2. The Bertz CT molecular complexity index is 357. The van der Waals surface area contributed by atoms with Crippen LogP contribution in [-0.4, -0.2) is 39.0 Å². The maximum absolute atomic E-state index is 11.9. The van der Waals surface area contributed by atoms with Crippen LogP contribution in [0.2, 0.25) is 0 Å². The molecule has 108 valence electrons. The number of hydrogen-bond donors (Lipinski definition) is 2. The molecule has 2 atom stereocenters. The van der Waals surface area contributed by atoms with Crippen molar-refractivity contribution in [3.63, 3.8) is 0 Å². The van der Waals surface area contributed by atoms with Gasteiger partial charge in [-0.25, -0.2) is 13.1 Å². The highest BCUT2D eigenvalue weighted by molar-refractivity contribution is 7.89. The lowest BCUT2D eigenvalue weighted by Gasteiger charge is -2.28. The number of hydrogen-bond acceptors (Lipinski definition) is 3. The predicted molar refractivity (Wildman–Crippen MR) is 62.7 cm³/mol. The van der Waals surface area contributed by atoms with Crippen LogP contribution in [0.1, 0.15) is 32.6 Å². The first-order valence-corrected chi connectivity index (χ1v) is 7.63. The van der Waals surface area contributed by atoms with Gasteiger partial charge < -0.3 is 5.32 Å². The van der Waals surface area contributed by atoms with E-state index in [2.05, 4.69) is 10.0 Å². The van der Waals surface area contributed by atoms with Crippen molar-refractivity contribution >= 4 is 10.0 Å². The van der Waals surface area contributed by atoms with Crippen molar-refractivity contribution in [2.24, 2.45) is 0 Å². The van der Waals surface area contributed by atoms with Gasteiger partial charge in [0, 0.05) is 18.5 Å². The van der Waals surface area contributed by atoms with Crippen LogP contribution in [0, 0.1) is 0 Å². The number of piperidine rings is 1. The lowest BCUT2D eigenvalue weighted by atomic mass is 10.0. The van der Waals surface area contributed by atoms with Crippen LogP contribution < -0.4 is 10.0 Å². The molecule has 0 spiro atoms. The zero-order valence-electron chi connectivity index (χ0n) is 10.3. The molecule has 0 bridgehead atoms. The third-order valence-corrected chi connectivity index (χ3v) is 4.36. The first kappa shape index (κ1) is 15.7. The summed E-state index contributed by atoms with van der Waals surface area (Å²) in [6.45, 7) is 2.67. The highest BCUT2D eigenvalue weighted by Gasteiger charge is 2.28. The quantitative estimate of drug-likeness (QED) is 0.804. The van der Waals surface area contributed by atoms with Crippen molar-refractivity contribution in [2.45, 2.75) is 50.9 Å². The van der Waals surface area contributed by atoms with Gasteiger partial charge >= 0.3 is 6.18 Å². The van der Waals surface area contributed by atoms with E-state index in [0.29, 0.717) is 12.8 Å². The van der Waals surface area contributed by atoms with Gasteiger partial charge in [0.2, 0.25) is 10.0 Å². The second kappa shape index (κ2) is 6.21. The van der Waals surface area contributed by atoms with Gasteiger partial charge in [0.05, 0.1) is 5.75 Å². The van der Waals surface area contributed by atoms with Gasteiger partial charge in [-0.2, -0.15) is 13.2 Å². The minimum absolute atomic E-state index is 0.169. The van der Waals surface area contributed by atoms with Gasteiger partial charge in [0.1, 0.15) is 0 Å². The molecule has 2 N–H and O–H groups in total. The number of halogens is 3. The second-order valence-electron chi connectivity index (χ2n) is 4.73. The molecule has 8 heteroatoms. The van der Waals surface area contributed by atoms with Gasteiger partial charge in [-0.15, -0.1) is 0 Å². The summed E-state index contributed by atoms with van der Waals surface area (Å²) in [5, 5.41) is 3.18. The molecule has 0 radical (unpaired) electrons. The summed E-state index contributed by atoms with van der Waals surface area (Å²) in [7, 11) is -3.60. The fourth-order valence-corrected chi connectivity index (χ4v) is 3.38. The molecule has 0 aromatic rings. The van der Waals surface area contributed by atoms with E-state index in [0.717, 1.165) is 6.54 Å². The van der Waals surface area contributed by atoms with Gasteiger partial charge in [-0.05, 0) is 32.7 Å². The molecule has 18 heavy (non-hydrogen) atoms.